The molecule has 0 saturated carbocycles. The number of halogens is 1. The number of hydrogen-bond donors (Lipinski definition) is 1. The Labute approximate surface area is 129 Å². The molecule has 3 rings (SSSR count). The van der Waals surface area contributed by atoms with Crippen LogP contribution in [0.3, 0.4) is 0 Å². The van der Waals surface area contributed by atoms with E-state index in [1.165, 1.54) is 17.4 Å². The fourth-order valence-electron chi connectivity index (χ4n) is 2.09. The number of thiazole rings is 1. The molecule has 1 aliphatic rings. The molecule has 2 heterocycles. The Kier molecular flexibility index (Phi) is 3.90. The lowest BCUT2D eigenvalue weighted by Gasteiger charge is -2.03. The van der Waals surface area contributed by atoms with Crippen molar-refractivity contribution in [3.05, 3.63) is 49.0 Å². The van der Waals surface area contributed by atoms with E-state index in [4.69, 9.17) is 11.6 Å². The summed E-state index contributed by atoms with van der Waals surface area (Å²) in [6.45, 7) is 1.39. The van der Waals surface area contributed by atoms with Crippen molar-refractivity contribution in [2.75, 3.05) is 11.9 Å². The molecule has 1 aromatic carbocycles. The molecule has 1 aromatic heterocycles. The van der Waals surface area contributed by atoms with Gasteiger partial charge in [0.1, 0.15) is 4.53 Å². The predicted molar refractivity (Wildman–Crippen MR) is 83.4 cm³/mol. The summed E-state index contributed by atoms with van der Waals surface area (Å²) >= 11 is 7.10. The molecule has 1 amide bonds. The maximum atomic E-state index is 12.1. The normalized spacial score (nSPS) is 14.4. The molecule has 0 saturated heterocycles. The van der Waals surface area contributed by atoms with Gasteiger partial charge in [0.05, 0.1) is 0 Å². The van der Waals surface area contributed by atoms with E-state index in [1.54, 1.807) is 28.8 Å². The summed E-state index contributed by atoms with van der Waals surface area (Å²) in [4.78, 5) is 29.1. The first kappa shape index (κ1) is 14.0. The van der Waals surface area contributed by atoms with Crippen molar-refractivity contribution < 1.29 is 4.79 Å². The molecule has 21 heavy (non-hydrogen) atoms. The zero-order chi connectivity index (χ0) is 14.8. The molecular weight excluding hydrogens is 310 g/mol. The van der Waals surface area contributed by atoms with Crippen LogP contribution in [0.1, 0.15) is 6.42 Å². The van der Waals surface area contributed by atoms with E-state index in [0.717, 1.165) is 13.0 Å². The van der Waals surface area contributed by atoms with Gasteiger partial charge in [-0.2, -0.15) is 0 Å². The topological polar surface area (TPSA) is 63.5 Å². The number of benzene rings is 1. The zero-order valence-electron chi connectivity index (χ0n) is 11.0. The minimum atomic E-state index is -0.353. The van der Waals surface area contributed by atoms with E-state index in [9.17, 15) is 9.59 Å². The van der Waals surface area contributed by atoms with Crippen LogP contribution >= 0.6 is 22.9 Å². The summed E-state index contributed by atoms with van der Waals surface area (Å²) in [6, 6.07) is 6.85. The average Bonchev–Trinajstić information content (AvgIpc) is 2.76. The van der Waals surface area contributed by atoms with Crippen LogP contribution in [0.5, 0.6) is 0 Å². The van der Waals surface area contributed by atoms with Gasteiger partial charge in [-0.15, -0.1) is 0 Å². The predicted octanol–water partition coefficient (Wildman–Crippen LogP) is 1.01. The highest BCUT2D eigenvalue weighted by Gasteiger charge is 2.09. The Bertz CT molecular complexity index is 869. The quantitative estimate of drug-likeness (QED) is 0.897. The summed E-state index contributed by atoms with van der Waals surface area (Å²) in [7, 11) is 0. The maximum Gasteiger partial charge on any atom is 0.270 e. The first-order valence-corrected chi connectivity index (χ1v) is 7.65. The zero-order valence-corrected chi connectivity index (χ0v) is 12.6. The van der Waals surface area contributed by atoms with E-state index in [-0.39, 0.29) is 11.5 Å². The van der Waals surface area contributed by atoms with E-state index >= 15 is 0 Å². The number of nitrogens with zero attached hydrogens (tertiary/aromatic N) is 2. The molecule has 0 spiro atoms. The van der Waals surface area contributed by atoms with Crippen LogP contribution in [-0.4, -0.2) is 17.0 Å². The van der Waals surface area contributed by atoms with Gasteiger partial charge in [-0.1, -0.05) is 29.0 Å². The Morgan fingerprint density at radius 2 is 2.33 bits per heavy atom. The lowest BCUT2D eigenvalue weighted by atomic mass is 10.3. The van der Waals surface area contributed by atoms with Crippen molar-refractivity contribution in [3.8, 4) is 0 Å². The smallest absolute Gasteiger partial charge is 0.270 e. The van der Waals surface area contributed by atoms with Crippen LogP contribution in [0.25, 0.3) is 6.08 Å². The first-order valence-electron chi connectivity index (χ1n) is 6.46. The minimum absolute atomic E-state index is 0.153. The van der Waals surface area contributed by atoms with E-state index in [1.807, 2.05) is 0 Å². The number of amides is 1. The summed E-state index contributed by atoms with van der Waals surface area (Å²) in [5, 5.41) is 3.23. The molecule has 5 nitrogen and oxygen atoms in total. The summed E-state index contributed by atoms with van der Waals surface area (Å²) in [5.74, 6) is -0.353. The second kappa shape index (κ2) is 5.83. The van der Waals surface area contributed by atoms with Crippen molar-refractivity contribution in [3.63, 3.8) is 0 Å². The van der Waals surface area contributed by atoms with Gasteiger partial charge < -0.3 is 5.32 Å². The van der Waals surface area contributed by atoms with Gasteiger partial charge in [0, 0.05) is 29.9 Å². The minimum Gasteiger partial charge on any atom is -0.322 e. The molecule has 1 aliphatic heterocycles. The Morgan fingerprint density at radius 1 is 1.48 bits per heavy atom. The largest absolute Gasteiger partial charge is 0.322 e. The van der Waals surface area contributed by atoms with Crippen molar-refractivity contribution >= 4 is 40.6 Å². The lowest BCUT2D eigenvalue weighted by Crippen LogP contribution is -2.34. The van der Waals surface area contributed by atoms with Gasteiger partial charge in [-0.25, -0.2) is 0 Å². The summed E-state index contributed by atoms with van der Waals surface area (Å²) in [6.07, 6.45) is 2.17. The van der Waals surface area contributed by atoms with Crippen LogP contribution in [-0.2, 0) is 11.3 Å². The molecule has 0 bridgehead atoms. The van der Waals surface area contributed by atoms with Gasteiger partial charge in [-0.3, -0.25) is 19.1 Å². The fourth-order valence-corrected chi connectivity index (χ4v) is 3.28. The molecule has 7 heteroatoms. The van der Waals surface area contributed by atoms with E-state index in [0.29, 0.717) is 26.6 Å². The second-order valence-electron chi connectivity index (χ2n) is 4.58. The highest BCUT2D eigenvalue weighted by Crippen LogP contribution is 2.14. The number of hydrogen-bond acceptors (Lipinski definition) is 4. The Hall–Kier alpha value is -1.92. The van der Waals surface area contributed by atoms with E-state index in [2.05, 4.69) is 10.3 Å². The van der Waals surface area contributed by atoms with Crippen molar-refractivity contribution in [2.45, 2.75) is 13.0 Å². The molecular formula is C14H12ClN3O2S. The van der Waals surface area contributed by atoms with Gasteiger partial charge in [0.2, 0.25) is 5.91 Å². The third kappa shape index (κ3) is 3.06. The molecule has 0 atom stereocenters. The van der Waals surface area contributed by atoms with Gasteiger partial charge in [0.25, 0.3) is 5.56 Å². The summed E-state index contributed by atoms with van der Waals surface area (Å²) in [5.41, 5.74) is 0.439. The van der Waals surface area contributed by atoms with Crippen LogP contribution in [0, 0.1) is 0 Å². The fraction of sp³-hybridized carbons (Fsp3) is 0.214. The Morgan fingerprint density at radius 3 is 3.10 bits per heavy atom. The number of nitrogens with one attached hydrogen (secondary N) is 1. The molecule has 0 fully saturated rings. The number of carbonyl (C=O) groups excluding carboxylic acids is 1. The van der Waals surface area contributed by atoms with E-state index < -0.39 is 0 Å². The maximum absolute atomic E-state index is 12.1. The number of carbonyl (C=O) groups is 1. The van der Waals surface area contributed by atoms with Crippen LogP contribution in [0.4, 0.5) is 5.69 Å². The first-order chi connectivity index (χ1) is 10.1. The molecule has 108 valence electrons. The van der Waals surface area contributed by atoms with Crippen LogP contribution in [0.15, 0.2) is 34.1 Å². The molecule has 0 aliphatic carbocycles. The molecule has 2 aromatic rings. The standard InChI is InChI=1S/C14H12ClN3O2S/c15-9-3-1-4-10(7-9)17-12(19)8-11-13(20)18-6-2-5-16-14(18)21-11/h1,3-4,7-8H,2,5-6H2,(H,17,19)/b11-8-. The monoisotopic (exact) mass is 321 g/mol. The highest BCUT2D eigenvalue weighted by molar-refractivity contribution is 7.07. The average molecular weight is 322 g/mol. The molecule has 0 unspecified atom stereocenters. The third-order valence-electron chi connectivity index (χ3n) is 3.03. The van der Waals surface area contributed by atoms with Gasteiger partial charge >= 0.3 is 0 Å². The van der Waals surface area contributed by atoms with Gasteiger partial charge in [-0.05, 0) is 24.6 Å². The molecule has 0 radical (unpaired) electrons. The SMILES string of the molecule is O=C(/C=c1\sc2n(c1=O)CCCN=2)Nc1cccc(Cl)c1. The van der Waals surface area contributed by atoms with Gasteiger partial charge in [0.15, 0.2) is 4.80 Å². The molecule has 1 N–H and O–H groups in total. The van der Waals surface area contributed by atoms with Crippen molar-refractivity contribution in [1.29, 1.82) is 0 Å². The lowest BCUT2D eigenvalue weighted by molar-refractivity contribution is -0.110. The number of anilines is 1. The second-order valence-corrected chi connectivity index (χ2v) is 6.03. The van der Waals surface area contributed by atoms with Crippen LogP contribution in [0.2, 0.25) is 5.02 Å². The highest BCUT2D eigenvalue weighted by atomic mass is 35.5. The van der Waals surface area contributed by atoms with Crippen molar-refractivity contribution in [1.82, 2.24) is 4.57 Å². The number of rotatable bonds is 2. The Balaban J connectivity index is 1.90. The third-order valence-corrected chi connectivity index (χ3v) is 4.31. The van der Waals surface area contributed by atoms with Crippen LogP contribution < -0.4 is 20.2 Å². The van der Waals surface area contributed by atoms with Crippen molar-refractivity contribution in [2.24, 2.45) is 4.99 Å². The number of aromatic nitrogens is 1. The summed E-state index contributed by atoms with van der Waals surface area (Å²) < 4.78 is 2.02. The number of fused-ring (bicyclic) bond motifs is 1.